The van der Waals surface area contributed by atoms with Crippen LogP contribution in [0, 0.1) is 12.7 Å². The van der Waals surface area contributed by atoms with Crippen LogP contribution < -0.4 is 10.1 Å². The van der Waals surface area contributed by atoms with Crippen molar-refractivity contribution >= 4 is 35.7 Å². The van der Waals surface area contributed by atoms with Gasteiger partial charge in [0.15, 0.2) is 0 Å². The number of aromatic nitrogens is 1. The maximum Gasteiger partial charge on any atom is 0.251 e. The third-order valence-corrected chi connectivity index (χ3v) is 4.86. The Morgan fingerprint density at radius 2 is 2.06 bits per heavy atom. The third kappa shape index (κ3) is 5.35. The number of carbonyl (C=O) groups excluding carboxylic acids is 1. The average molecular weight is 438 g/mol. The Morgan fingerprint density at radius 1 is 1.26 bits per heavy atom. The van der Waals surface area contributed by atoms with Gasteiger partial charge in [-0.3, -0.25) is 9.79 Å². The lowest BCUT2D eigenvalue weighted by Gasteiger charge is -2.16. The Morgan fingerprint density at radius 3 is 2.77 bits per heavy atom. The molecule has 0 aliphatic rings. The molecule has 0 fully saturated rings. The van der Waals surface area contributed by atoms with Gasteiger partial charge in [0.2, 0.25) is 0 Å². The zero-order valence-electron chi connectivity index (χ0n) is 17.2. The number of ether oxygens (including phenoxy) is 1. The van der Waals surface area contributed by atoms with Crippen LogP contribution in [0.4, 0.5) is 10.1 Å². The Labute approximate surface area is 185 Å². The summed E-state index contributed by atoms with van der Waals surface area (Å²) in [7, 11) is 0. The Bertz CT molecular complexity index is 1160. The van der Waals surface area contributed by atoms with E-state index in [0.29, 0.717) is 45.6 Å². The van der Waals surface area contributed by atoms with Crippen molar-refractivity contribution in [3.63, 3.8) is 0 Å². The van der Waals surface area contributed by atoms with E-state index >= 15 is 0 Å². The summed E-state index contributed by atoms with van der Waals surface area (Å²) in [6.07, 6.45) is 3.34. The van der Waals surface area contributed by atoms with Crippen LogP contribution in [0.3, 0.4) is 0 Å². The number of hydrogen-bond acceptors (Lipinski definition) is 4. The molecule has 0 atom stereocenters. The van der Waals surface area contributed by atoms with Crippen LogP contribution in [-0.2, 0) is 6.54 Å². The van der Waals surface area contributed by atoms with Crippen LogP contribution in [0.15, 0.2) is 65.8 Å². The number of nitrogens with zero attached hydrogens (tertiary/aromatic N) is 2. The van der Waals surface area contributed by atoms with Crippen LogP contribution in [0.25, 0.3) is 5.76 Å². The number of allylic oxidation sites excluding steroid dienone is 1. The molecule has 31 heavy (non-hydrogen) atoms. The van der Waals surface area contributed by atoms with Gasteiger partial charge in [-0.15, -0.1) is 0 Å². The fraction of sp³-hybridized carbons (Fsp3) is 0.125. The van der Waals surface area contributed by atoms with Crippen molar-refractivity contribution in [3.8, 4) is 5.75 Å². The molecule has 0 radical (unpaired) electrons. The predicted octanol–water partition coefficient (Wildman–Crippen LogP) is 5.88. The van der Waals surface area contributed by atoms with Crippen LogP contribution in [0.2, 0.25) is 5.15 Å². The average Bonchev–Trinajstić information content (AvgIpc) is 2.77. The molecule has 0 unspecified atom stereocenters. The zero-order valence-corrected chi connectivity index (χ0v) is 17.9. The maximum atomic E-state index is 13.5. The minimum Gasteiger partial charge on any atom is -0.457 e. The zero-order chi connectivity index (χ0) is 22.4. The van der Waals surface area contributed by atoms with E-state index in [-0.39, 0.29) is 5.91 Å². The second kappa shape index (κ2) is 10.00. The molecule has 3 aromatic rings. The summed E-state index contributed by atoms with van der Waals surface area (Å²) in [6, 6.07) is 12.9. The van der Waals surface area contributed by atoms with E-state index in [1.807, 2.05) is 0 Å². The van der Waals surface area contributed by atoms with Gasteiger partial charge < -0.3 is 10.1 Å². The van der Waals surface area contributed by atoms with Gasteiger partial charge >= 0.3 is 0 Å². The fourth-order valence-corrected chi connectivity index (χ4v) is 3.23. The molecule has 0 aliphatic heterocycles. The van der Waals surface area contributed by atoms with Crippen molar-refractivity contribution in [2.45, 2.75) is 20.4 Å². The Kier molecular flexibility index (Phi) is 7.15. The second-order valence-corrected chi connectivity index (χ2v) is 7.06. The molecule has 1 amide bonds. The quantitative estimate of drug-likeness (QED) is 0.285. The van der Waals surface area contributed by atoms with Gasteiger partial charge in [-0.25, -0.2) is 9.37 Å². The van der Waals surface area contributed by atoms with E-state index < -0.39 is 5.82 Å². The standard InChI is InChI=1S/C24H21ClFN3O2/c1-4-21(19-9-8-17(26)13-20(19)27-3)31-22-7-5-6-18(15(22)2)24(30)29-14-16-10-11-28-23(25)12-16/h4-13H,3,14H2,1-2H3,(H,29,30)/b21-4+. The Hall–Kier alpha value is -3.51. The molecule has 1 heterocycles. The topological polar surface area (TPSA) is 63.6 Å². The van der Waals surface area contributed by atoms with Crippen molar-refractivity contribution < 1.29 is 13.9 Å². The SMILES string of the molecule is C=Nc1cc(F)ccc1/C(=C\C)Oc1cccc(C(=O)NCc2ccnc(Cl)c2)c1C. The molecular weight excluding hydrogens is 417 g/mol. The van der Waals surface area contributed by atoms with Gasteiger partial charge in [0, 0.05) is 35.5 Å². The highest BCUT2D eigenvalue weighted by Gasteiger charge is 2.16. The van der Waals surface area contributed by atoms with Crippen molar-refractivity contribution in [2.24, 2.45) is 4.99 Å². The molecule has 158 valence electrons. The first-order chi connectivity index (χ1) is 14.9. The summed E-state index contributed by atoms with van der Waals surface area (Å²) >= 11 is 5.89. The fourth-order valence-electron chi connectivity index (χ4n) is 3.03. The molecule has 0 spiro atoms. The van der Waals surface area contributed by atoms with Crippen molar-refractivity contribution in [3.05, 3.63) is 94.0 Å². The van der Waals surface area contributed by atoms with Crippen molar-refractivity contribution in [2.75, 3.05) is 0 Å². The van der Waals surface area contributed by atoms with Gasteiger partial charge in [0.1, 0.15) is 22.5 Å². The Balaban J connectivity index is 1.81. The monoisotopic (exact) mass is 437 g/mol. The second-order valence-electron chi connectivity index (χ2n) is 6.67. The van der Waals surface area contributed by atoms with E-state index in [1.54, 1.807) is 62.5 Å². The van der Waals surface area contributed by atoms with Crippen LogP contribution in [-0.4, -0.2) is 17.6 Å². The number of aliphatic imine (C=N–C) groups is 1. The van der Waals surface area contributed by atoms with Gasteiger partial charge in [0.25, 0.3) is 5.91 Å². The molecular formula is C24H21ClFN3O2. The smallest absolute Gasteiger partial charge is 0.251 e. The molecule has 0 saturated carbocycles. The maximum absolute atomic E-state index is 13.5. The number of rotatable bonds is 7. The van der Waals surface area contributed by atoms with E-state index in [1.165, 1.54) is 12.1 Å². The highest BCUT2D eigenvalue weighted by molar-refractivity contribution is 6.29. The van der Waals surface area contributed by atoms with Crippen LogP contribution in [0.5, 0.6) is 5.75 Å². The van der Waals surface area contributed by atoms with Crippen molar-refractivity contribution in [1.29, 1.82) is 0 Å². The van der Waals surface area contributed by atoms with Gasteiger partial charge in [0.05, 0.1) is 5.69 Å². The first kappa shape index (κ1) is 22.2. The summed E-state index contributed by atoms with van der Waals surface area (Å²) in [6.45, 7) is 7.42. The predicted molar refractivity (Wildman–Crippen MR) is 121 cm³/mol. The van der Waals surface area contributed by atoms with Crippen LogP contribution in [0.1, 0.15) is 34.0 Å². The number of amides is 1. The minimum atomic E-state index is -0.410. The normalized spacial score (nSPS) is 11.2. The first-order valence-corrected chi connectivity index (χ1v) is 9.89. The first-order valence-electron chi connectivity index (χ1n) is 9.52. The lowest BCUT2D eigenvalue weighted by Crippen LogP contribution is -2.23. The summed E-state index contributed by atoms with van der Waals surface area (Å²) in [5.74, 6) is 0.335. The molecule has 2 aromatic carbocycles. The van der Waals surface area contributed by atoms with Gasteiger partial charge in [-0.1, -0.05) is 17.7 Å². The largest absolute Gasteiger partial charge is 0.457 e. The highest BCUT2D eigenvalue weighted by atomic mass is 35.5. The molecule has 0 saturated heterocycles. The molecule has 1 aromatic heterocycles. The lowest BCUT2D eigenvalue weighted by atomic mass is 10.1. The summed E-state index contributed by atoms with van der Waals surface area (Å²) in [5, 5.41) is 3.24. The van der Waals surface area contributed by atoms with Gasteiger partial charge in [-0.05, 0) is 68.6 Å². The van der Waals surface area contributed by atoms with E-state index in [0.717, 1.165) is 5.56 Å². The van der Waals surface area contributed by atoms with Gasteiger partial charge in [-0.2, -0.15) is 0 Å². The molecule has 7 heteroatoms. The number of hydrogen-bond donors (Lipinski definition) is 1. The lowest BCUT2D eigenvalue weighted by molar-refractivity contribution is 0.0950. The number of pyridine rings is 1. The van der Waals surface area contributed by atoms with E-state index in [4.69, 9.17) is 16.3 Å². The molecule has 1 N–H and O–H groups in total. The number of benzene rings is 2. The third-order valence-electron chi connectivity index (χ3n) is 4.65. The summed E-state index contributed by atoms with van der Waals surface area (Å²) in [4.78, 5) is 20.6. The summed E-state index contributed by atoms with van der Waals surface area (Å²) in [5.41, 5.74) is 2.96. The molecule has 3 rings (SSSR count). The van der Waals surface area contributed by atoms with E-state index in [9.17, 15) is 9.18 Å². The minimum absolute atomic E-state index is 0.242. The number of carbonyl (C=O) groups is 1. The van der Waals surface area contributed by atoms with Crippen molar-refractivity contribution in [1.82, 2.24) is 10.3 Å². The molecule has 5 nitrogen and oxygen atoms in total. The highest BCUT2D eigenvalue weighted by Crippen LogP contribution is 2.31. The number of halogens is 2. The number of nitrogens with one attached hydrogen (secondary N) is 1. The van der Waals surface area contributed by atoms with E-state index in [2.05, 4.69) is 22.0 Å². The van der Waals surface area contributed by atoms with Crippen LogP contribution >= 0.6 is 11.6 Å². The molecule has 0 bridgehead atoms. The molecule has 0 aliphatic carbocycles. The summed E-state index contributed by atoms with van der Waals surface area (Å²) < 4.78 is 19.6.